The van der Waals surface area contributed by atoms with Crippen LogP contribution in [0.5, 0.6) is 5.75 Å². The second-order valence-electron chi connectivity index (χ2n) is 6.77. The van der Waals surface area contributed by atoms with E-state index in [-0.39, 0.29) is 21.8 Å². The first-order valence-electron chi connectivity index (χ1n) is 8.23. The molecule has 0 radical (unpaired) electrons. The monoisotopic (exact) mass is 355 g/mol. The Bertz CT molecular complexity index is 756. The first kappa shape index (κ1) is 17.5. The third kappa shape index (κ3) is 4.42. The fourth-order valence-electron chi connectivity index (χ4n) is 2.70. The lowest BCUT2D eigenvalue weighted by molar-refractivity contribution is -0.118. The summed E-state index contributed by atoms with van der Waals surface area (Å²) in [6.45, 7) is 4.89. The van der Waals surface area contributed by atoms with Crippen LogP contribution in [-0.2, 0) is 16.6 Å². The lowest BCUT2D eigenvalue weighted by Gasteiger charge is -2.25. The van der Waals surface area contributed by atoms with Crippen LogP contribution in [0.15, 0.2) is 54.6 Å². The predicted octanol–water partition coefficient (Wildman–Crippen LogP) is 3.94. The first-order chi connectivity index (χ1) is 11.9. The van der Waals surface area contributed by atoms with Crippen LogP contribution in [0.25, 0.3) is 0 Å². The Morgan fingerprint density at radius 2 is 1.72 bits per heavy atom. The molecule has 2 aromatic carbocycles. The van der Waals surface area contributed by atoms with E-state index in [2.05, 4.69) is 31.3 Å². The van der Waals surface area contributed by atoms with Crippen molar-refractivity contribution in [3.63, 3.8) is 0 Å². The van der Waals surface area contributed by atoms with Crippen molar-refractivity contribution in [2.45, 2.75) is 30.9 Å². The molecule has 25 heavy (non-hydrogen) atoms. The van der Waals surface area contributed by atoms with Gasteiger partial charge in [0.2, 0.25) is 5.91 Å². The number of thioether (sulfide) groups is 1. The van der Waals surface area contributed by atoms with Crippen LogP contribution in [0.1, 0.15) is 25.0 Å². The number of carbonyl (C=O) groups excluding carboxylic acids is 2. The number of hydrogen-bond donors (Lipinski definition) is 1. The van der Waals surface area contributed by atoms with Gasteiger partial charge in [-0.15, -0.1) is 0 Å². The Kier molecular flexibility index (Phi) is 5.13. The molecule has 1 unspecified atom stereocenters. The minimum Gasteiger partial charge on any atom is -0.493 e. The quantitative estimate of drug-likeness (QED) is 0.853. The topological polar surface area (TPSA) is 55.4 Å². The number of carbonyl (C=O) groups is 2. The minimum atomic E-state index is -0.337. The number of ether oxygens (including phenoxy) is 1. The van der Waals surface area contributed by atoms with Crippen LogP contribution in [0.4, 0.5) is 4.79 Å². The molecule has 130 valence electrons. The normalized spacial score (nSPS) is 17.4. The average molecular weight is 355 g/mol. The molecule has 0 aromatic heterocycles. The molecule has 3 rings (SSSR count). The van der Waals surface area contributed by atoms with Gasteiger partial charge in [0.05, 0.1) is 11.9 Å². The average Bonchev–Trinajstić information content (AvgIpc) is 2.92. The predicted molar refractivity (Wildman–Crippen MR) is 100 cm³/mol. The van der Waals surface area contributed by atoms with Gasteiger partial charge in [-0.1, -0.05) is 68.1 Å². The van der Waals surface area contributed by atoms with Crippen LogP contribution in [-0.4, -0.2) is 23.0 Å². The van der Waals surface area contributed by atoms with Crippen LogP contribution < -0.4 is 10.1 Å². The van der Waals surface area contributed by atoms with Crippen molar-refractivity contribution in [1.29, 1.82) is 0 Å². The van der Waals surface area contributed by atoms with E-state index >= 15 is 0 Å². The molecule has 1 atom stereocenters. The molecule has 0 bridgehead atoms. The Labute approximate surface area is 152 Å². The molecule has 2 amide bonds. The third-order valence-corrected chi connectivity index (χ3v) is 5.25. The Morgan fingerprint density at radius 1 is 1.04 bits per heavy atom. The summed E-state index contributed by atoms with van der Waals surface area (Å²) in [7, 11) is 0. The van der Waals surface area contributed by atoms with E-state index in [0.717, 1.165) is 23.1 Å². The molecule has 1 aliphatic rings. The smallest absolute Gasteiger partial charge is 0.286 e. The number of hydrogen-bond acceptors (Lipinski definition) is 4. The second-order valence-corrected chi connectivity index (χ2v) is 7.95. The van der Waals surface area contributed by atoms with Crippen LogP contribution in [0.2, 0.25) is 0 Å². The van der Waals surface area contributed by atoms with E-state index in [1.807, 2.05) is 42.5 Å². The Hall–Kier alpha value is -2.27. The molecule has 0 saturated carbocycles. The van der Waals surface area contributed by atoms with Gasteiger partial charge in [-0.3, -0.25) is 14.9 Å². The van der Waals surface area contributed by atoms with Gasteiger partial charge in [-0.2, -0.15) is 0 Å². The lowest BCUT2D eigenvalue weighted by Crippen LogP contribution is -2.26. The second kappa shape index (κ2) is 7.31. The summed E-state index contributed by atoms with van der Waals surface area (Å²) in [4.78, 5) is 22.8. The SMILES string of the molecule is CC(C)(COc1ccc(CC2SC(=O)NC2=O)cc1)c1ccccc1. The molecule has 1 heterocycles. The van der Waals surface area contributed by atoms with Crippen molar-refractivity contribution in [3.8, 4) is 5.75 Å². The van der Waals surface area contributed by atoms with E-state index in [0.29, 0.717) is 13.0 Å². The lowest BCUT2D eigenvalue weighted by atomic mass is 9.86. The van der Waals surface area contributed by atoms with Crippen molar-refractivity contribution in [2.24, 2.45) is 0 Å². The van der Waals surface area contributed by atoms with Crippen molar-refractivity contribution in [1.82, 2.24) is 5.32 Å². The first-order valence-corrected chi connectivity index (χ1v) is 9.11. The van der Waals surface area contributed by atoms with Gasteiger partial charge < -0.3 is 4.74 Å². The summed E-state index contributed by atoms with van der Waals surface area (Å²) in [5, 5.41) is 1.71. The highest BCUT2D eigenvalue weighted by Crippen LogP contribution is 2.26. The van der Waals surface area contributed by atoms with Gasteiger partial charge in [0.25, 0.3) is 5.24 Å². The molecule has 5 heteroatoms. The molecule has 1 fully saturated rings. The summed E-state index contributed by atoms with van der Waals surface area (Å²) in [6, 6.07) is 18.0. The highest BCUT2D eigenvalue weighted by atomic mass is 32.2. The van der Waals surface area contributed by atoms with Gasteiger partial charge in [-0.25, -0.2) is 0 Å². The van der Waals surface area contributed by atoms with Gasteiger partial charge >= 0.3 is 0 Å². The third-order valence-electron chi connectivity index (χ3n) is 4.27. The molecular formula is C20H21NO3S. The maximum absolute atomic E-state index is 11.6. The van der Waals surface area contributed by atoms with Crippen LogP contribution in [0, 0.1) is 0 Å². The zero-order valence-corrected chi connectivity index (χ0v) is 15.1. The number of nitrogens with one attached hydrogen (secondary N) is 1. The molecule has 0 spiro atoms. The highest BCUT2D eigenvalue weighted by molar-refractivity contribution is 8.15. The maximum Gasteiger partial charge on any atom is 0.286 e. The number of benzene rings is 2. The van der Waals surface area contributed by atoms with E-state index < -0.39 is 0 Å². The largest absolute Gasteiger partial charge is 0.493 e. The summed E-state index contributed by atoms with van der Waals surface area (Å²) < 4.78 is 5.95. The van der Waals surface area contributed by atoms with E-state index in [4.69, 9.17) is 4.74 Å². The number of imide groups is 1. The molecule has 0 aliphatic carbocycles. The summed E-state index contributed by atoms with van der Waals surface area (Å²) in [6.07, 6.45) is 0.540. The molecule has 2 aromatic rings. The van der Waals surface area contributed by atoms with E-state index in [1.165, 1.54) is 5.56 Å². The molecule has 4 nitrogen and oxygen atoms in total. The fourth-order valence-corrected chi connectivity index (χ4v) is 3.56. The molecule has 1 saturated heterocycles. The van der Waals surface area contributed by atoms with Crippen molar-refractivity contribution >= 4 is 22.9 Å². The summed E-state index contributed by atoms with van der Waals surface area (Å²) in [5.41, 5.74) is 2.16. The van der Waals surface area contributed by atoms with E-state index in [1.54, 1.807) is 0 Å². The Balaban J connectivity index is 1.58. The van der Waals surface area contributed by atoms with Gasteiger partial charge in [0.1, 0.15) is 5.75 Å². The van der Waals surface area contributed by atoms with Gasteiger partial charge in [-0.05, 0) is 29.7 Å². The minimum absolute atomic E-state index is 0.0845. The van der Waals surface area contributed by atoms with Gasteiger partial charge in [0, 0.05) is 5.41 Å². The molecule has 1 aliphatic heterocycles. The zero-order chi connectivity index (χ0) is 17.9. The van der Waals surface area contributed by atoms with Crippen molar-refractivity contribution in [3.05, 3.63) is 65.7 Å². The number of amides is 2. The molecule has 1 N–H and O–H groups in total. The highest BCUT2D eigenvalue weighted by Gasteiger charge is 2.31. The van der Waals surface area contributed by atoms with Gasteiger partial charge in [0.15, 0.2) is 0 Å². The van der Waals surface area contributed by atoms with Crippen LogP contribution in [0.3, 0.4) is 0 Å². The van der Waals surface area contributed by atoms with Crippen molar-refractivity contribution < 1.29 is 14.3 Å². The molecular weight excluding hydrogens is 334 g/mol. The standard InChI is InChI=1S/C20H21NO3S/c1-20(2,15-6-4-3-5-7-15)13-24-16-10-8-14(9-11-16)12-17-18(22)21-19(23)25-17/h3-11,17H,12-13H2,1-2H3,(H,21,22,23). The van der Waals surface area contributed by atoms with Crippen LogP contribution >= 0.6 is 11.8 Å². The zero-order valence-electron chi connectivity index (χ0n) is 14.3. The summed E-state index contributed by atoms with van der Waals surface area (Å²) >= 11 is 1.05. The maximum atomic E-state index is 11.6. The van der Waals surface area contributed by atoms with E-state index in [9.17, 15) is 9.59 Å². The van der Waals surface area contributed by atoms with Crippen molar-refractivity contribution in [2.75, 3.05) is 6.61 Å². The fraction of sp³-hybridized carbons (Fsp3) is 0.300. The number of rotatable bonds is 6. The Morgan fingerprint density at radius 3 is 2.32 bits per heavy atom. The summed E-state index contributed by atoms with van der Waals surface area (Å²) in [5.74, 6) is 0.590.